The Kier molecular flexibility index (Phi) is 4.93. The Bertz CT molecular complexity index is 682. The van der Waals surface area contributed by atoms with Crippen LogP contribution in [0.25, 0.3) is 11.0 Å². The van der Waals surface area contributed by atoms with Gasteiger partial charge in [0.1, 0.15) is 11.9 Å². The summed E-state index contributed by atoms with van der Waals surface area (Å²) in [5.74, 6) is 1.01. The van der Waals surface area contributed by atoms with Crippen LogP contribution in [0.1, 0.15) is 19.7 Å². The number of aryl methyl sites for hydroxylation is 1. The zero-order chi connectivity index (χ0) is 16.2. The molecule has 2 atom stereocenters. The van der Waals surface area contributed by atoms with Gasteiger partial charge >= 0.3 is 0 Å². The highest BCUT2D eigenvalue weighted by molar-refractivity contribution is 5.82. The molecule has 1 amide bonds. The van der Waals surface area contributed by atoms with Gasteiger partial charge in [-0.2, -0.15) is 0 Å². The summed E-state index contributed by atoms with van der Waals surface area (Å²) in [6.07, 6.45) is 0.625. The van der Waals surface area contributed by atoms with Gasteiger partial charge < -0.3 is 19.9 Å². The number of rotatable bonds is 5. The molecule has 1 aromatic heterocycles. The predicted molar refractivity (Wildman–Crippen MR) is 89.3 cm³/mol. The fourth-order valence-electron chi connectivity index (χ4n) is 3.10. The van der Waals surface area contributed by atoms with Crippen molar-refractivity contribution >= 4 is 16.9 Å². The van der Waals surface area contributed by atoms with Crippen LogP contribution in [0.2, 0.25) is 0 Å². The third-order valence-corrected chi connectivity index (χ3v) is 4.30. The first kappa shape index (κ1) is 16.0. The molecule has 23 heavy (non-hydrogen) atoms. The van der Waals surface area contributed by atoms with Crippen LogP contribution in [0, 0.1) is 0 Å². The molecule has 1 fully saturated rings. The molecule has 1 aliphatic rings. The van der Waals surface area contributed by atoms with E-state index in [1.807, 2.05) is 25.1 Å². The standard InChI is InChI=1S/C17H24N4O2/c1-3-21-14-7-5-4-6-13(14)20-15(21)8-9-19-17(22)16-12(2)23-11-10-18-16/h4-7,12,16,18H,3,8-11H2,1-2H3,(H,19,22)/t12-,16+/m1/s1. The van der Waals surface area contributed by atoms with Crippen molar-refractivity contribution in [3.8, 4) is 0 Å². The summed E-state index contributed by atoms with van der Waals surface area (Å²) in [6.45, 7) is 6.86. The number of carbonyl (C=O) groups is 1. The first-order chi connectivity index (χ1) is 11.2. The minimum absolute atomic E-state index is 0.00337. The lowest BCUT2D eigenvalue weighted by atomic mass is 10.1. The highest BCUT2D eigenvalue weighted by Gasteiger charge is 2.27. The molecule has 1 saturated heterocycles. The van der Waals surface area contributed by atoms with Crippen LogP contribution in [-0.4, -0.2) is 47.3 Å². The van der Waals surface area contributed by atoms with Gasteiger partial charge in [0.05, 0.1) is 23.7 Å². The summed E-state index contributed by atoms with van der Waals surface area (Å²) in [6, 6.07) is 7.86. The molecule has 0 radical (unpaired) electrons. The van der Waals surface area contributed by atoms with Gasteiger partial charge in [0, 0.05) is 26.1 Å². The Labute approximate surface area is 136 Å². The number of para-hydroxylation sites is 2. The highest BCUT2D eigenvalue weighted by Crippen LogP contribution is 2.16. The lowest BCUT2D eigenvalue weighted by molar-refractivity contribution is -0.128. The second-order valence-corrected chi connectivity index (χ2v) is 5.81. The van der Waals surface area contributed by atoms with Crippen molar-refractivity contribution in [2.24, 2.45) is 0 Å². The number of nitrogens with one attached hydrogen (secondary N) is 2. The molecule has 124 valence electrons. The van der Waals surface area contributed by atoms with Gasteiger partial charge in [-0.1, -0.05) is 12.1 Å². The first-order valence-corrected chi connectivity index (χ1v) is 8.27. The van der Waals surface area contributed by atoms with Crippen molar-refractivity contribution in [1.82, 2.24) is 20.2 Å². The van der Waals surface area contributed by atoms with E-state index in [2.05, 4.69) is 33.2 Å². The lowest BCUT2D eigenvalue weighted by Crippen LogP contribution is -2.55. The van der Waals surface area contributed by atoms with Crippen molar-refractivity contribution in [3.63, 3.8) is 0 Å². The molecule has 0 spiro atoms. The minimum atomic E-state index is -0.270. The number of benzene rings is 1. The number of fused-ring (bicyclic) bond motifs is 1. The maximum atomic E-state index is 12.2. The third-order valence-electron chi connectivity index (χ3n) is 4.30. The normalized spacial score (nSPS) is 21.5. The number of carbonyl (C=O) groups excluding carboxylic acids is 1. The molecule has 2 heterocycles. The summed E-state index contributed by atoms with van der Waals surface area (Å²) < 4.78 is 7.71. The Morgan fingerprint density at radius 1 is 1.48 bits per heavy atom. The smallest absolute Gasteiger partial charge is 0.239 e. The molecule has 6 heteroatoms. The molecule has 6 nitrogen and oxygen atoms in total. The van der Waals surface area contributed by atoms with Gasteiger partial charge in [-0.05, 0) is 26.0 Å². The van der Waals surface area contributed by atoms with Gasteiger partial charge in [-0.3, -0.25) is 4.79 Å². The lowest BCUT2D eigenvalue weighted by Gasteiger charge is -2.29. The SMILES string of the molecule is CCn1c(CCNC(=O)[C@H]2NCCO[C@@H]2C)nc2ccccc21. The van der Waals surface area contributed by atoms with Gasteiger partial charge in [-0.25, -0.2) is 4.98 Å². The molecule has 0 saturated carbocycles. The molecule has 2 N–H and O–H groups in total. The molecule has 0 aliphatic carbocycles. The first-order valence-electron chi connectivity index (χ1n) is 8.27. The van der Waals surface area contributed by atoms with Crippen molar-refractivity contribution < 1.29 is 9.53 Å². The Morgan fingerprint density at radius 3 is 3.09 bits per heavy atom. The van der Waals surface area contributed by atoms with E-state index in [0.717, 1.165) is 29.8 Å². The van der Waals surface area contributed by atoms with Crippen molar-refractivity contribution in [1.29, 1.82) is 0 Å². The summed E-state index contributed by atoms with van der Waals surface area (Å²) in [4.78, 5) is 16.9. The number of hydrogen-bond acceptors (Lipinski definition) is 4. The average molecular weight is 316 g/mol. The van der Waals surface area contributed by atoms with Crippen LogP contribution in [0.3, 0.4) is 0 Å². The molecule has 2 aromatic rings. The topological polar surface area (TPSA) is 68.2 Å². The number of imidazole rings is 1. The molecular weight excluding hydrogens is 292 g/mol. The van der Waals surface area contributed by atoms with Crippen LogP contribution in [-0.2, 0) is 22.5 Å². The Hall–Kier alpha value is -1.92. The van der Waals surface area contributed by atoms with Crippen LogP contribution < -0.4 is 10.6 Å². The summed E-state index contributed by atoms with van der Waals surface area (Å²) in [5.41, 5.74) is 2.15. The van der Waals surface area contributed by atoms with Gasteiger partial charge in [0.2, 0.25) is 5.91 Å². The van der Waals surface area contributed by atoms with E-state index in [-0.39, 0.29) is 18.1 Å². The zero-order valence-electron chi connectivity index (χ0n) is 13.7. The van der Waals surface area contributed by atoms with Gasteiger partial charge in [0.25, 0.3) is 0 Å². The highest BCUT2D eigenvalue weighted by atomic mass is 16.5. The molecular formula is C17H24N4O2. The number of morpholine rings is 1. The number of ether oxygens (including phenoxy) is 1. The zero-order valence-corrected chi connectivity index (χ0v) is 13.7. The quantitative estimate of drug-likeness (QED) is 0.866. The van der Waals surface area contributed by atoms with E-state index in [0.29, 0.717) is 19.7 Å². The van der Waals surface area contributed by atoms with Crippen molar-refractivity contribution in [2.75, 3.05) is 19.7 Å². The second kappa shape index (κ2) is 7.10. The third kappa shape index (κ3) is 3.38. The van der Waals surface area contributed by atoms with Gasteiger partial charge in [0.15, 0.2) is 0 Å². The molecule has 3 rings (SSSR count). The molecule has 0 bridgehead atoms. The Morgan fingerprint density at radius 2 is 2.30 bits per heavy atom. The number of nitrogens with zero attached hydrogens (tertiary/aromatic N) is 2. The summed E-state index contributed by atoms with van der Waals surface area (Å²) in [5, 5.41) is 6.20. The fourth-order valence-corrected chi connectivity index (χ4v) is 3.10. The van der Waals surface area contributed by atoms with Crippen LogP contribution in [0.5, 0.6) is 0 Å². The van der Waals surface area contributed by atoms with Gasteiger partial charge in [-0.15, -0.1) is 0 Å². The van der Waals surface area contributed by atoms with E-state index in [1.165, 1.54) is 0 Å². The van der Waals surface area contributed by atoms with E-state index in [4.69, 9.17) is 4.74 Å². The maximum absolute atomic E-state index is 12.2. The number of amides is 1. The van der Waals surface area contributed by atoms with E-state index >= 15 is 0 Å². The maximum Gasteiger partial charge on any atom is 0.239 e. The van der Waals surface area contributed by atoms with Crippen LogP contribution in [0.4, 0.5) is 0 Å². The fraction of sp³-hybridized carbons (Fsp3) is 0.529. The number of hydrogen-bond donors (Lipinski definition) is 2. The van der Waals surface area contributed by atoms with E-state index in [9.17, 15) is 4.79 Å². The number of aromatic nitrogens is 2. The largest absolute Gasteiger partial charge is 0.375 e. The van der Waals surface area contributed by atoms with Crippen molar-refractivity contribution in [2.45, 2.75) is 39.0 Å². The van der Waals surface area contributed by atoms with Crippen LogP contribution in [0.15, 0.2) is 24.3 Å². The predicted octanol–water partition coefficient (Wildman–Crippen LogP) is 1.09. The van der Waals surface area contributed by atoms with E-state index < -0.39 is 0 Å². The average Bonchev–Trinajstić information content (AvgIpc) is 2.92. The molecule has 1 aliphatic heterocycles. The Balaban J connectivity index is 1.61. The second-order valence-electron chi connectivity index (χ2n) is 5.81. The minimum Gasteiger partial charge on any atom is -0.375 e. The molecule has 0 unspecified atom stereocenters. The summed E-state index contributed by atoms with van der Waals surface area (Å²) >= 11 is 0. The summed E-state index contributed by atoms with van der Waals surface area (Å²) in [7, 11) is 0. The molecule has 1 aromatic carbocycles. The van der Waals surface area contributed by atoms with E-state index in [1.54, 1.807) is 0 Å². The van der Waals surface area contributed by atoms with Crippen LogP contribution >= 0.6 is 0 Å². The monoisotopic (exact) mass is 316 g/mol. The van der Waals surface area contributed by atoms with Crippen molar-refractivity contribution in [3.05, 3.63) is 30.1 Å².